The Kier molecular flexibility index (Phi) is 5.07. The molecule has 8 heteroatoms. The van der Waals surface area contributed by atoms with Crippen molar-refractivity contribution in [3.8, 4) is 0 Å². The van der Waals surface area contributed by atoms with Gasteiger partial charge in [-0.05, 0) is 31.4 Å². The number of thiophene rings is 1. The van der Waals surface area contributed by atoms with Crippen molar-refractivity contribution in [3.05, 3.63) is 56.3 Å². The number of anilines is 1. The molecular formula is C15H15N3O4S. The van der Waals surface area contributed by atoms with E-state index in [0.29, 0.717) is 16.1 Å². The summed E-state index contributed by atoms with van der Waals surface area (Å²) in [5, 5.41) is 17.8. The molecule has 0 spiro atoms. The van der Waals surface area contributed by atoms with Crippen LogP contribution in [0.25, 0.3) is 0 Å². The van der Waals surface area contributed by atoms with Gasteiger partial charge in [0.25, 0.3) is 11.6 Å². The number of amides is 2. The van der Waals surface area contributed by atoms with E-state index in [1.807, 2.05) is 0 Å². The third-order valence-corrected chi connectivity index (χ3v) is 4.03. The van der Waals surface area contributed by atoms with Gasteiger partial charge in [0, 0.05) is 17.3 Å². The summed E-state index contributed by atoms with van der Waals surface area (Å²) in [6.45, 7) is 3.16. The summed E-state index contributed by atoms with van der Waals surface area (Å²) in [6, 6.07) is 7.06. The third-order valence-electron chi connectivity index (χ3n) is 3.16. The predicted octanol–water partition coefficient (Wildman–Crippen LogP) is 2.72. The van der Waals surface area contributed by atoms with Crippen LogP contribution >= 0.6 is 11.3 Å². The lowest BCUT2D eigenvalue weighted by molar-refractivity contribution is -0.385. The first-order valence-corrected chi connectivity index (χ1v) is 7.66. The number of nitrogens with zero attached hydrogens (tertiary/aromatic N) is 1. The van der Waals surface area contributed by atoms with Crippen molar-refractivity contribution in [2.75, 3.05) is 5.32 Å². The van der Waals surface area contributed by atoms with Crippen molar-refractivity contribution in [1.29, 1.82) is 0 Å². The van der Waals surface area contributed by atoms with E-state index >= 15 is 0 Å². The monoisotopic (exact) mass is 333 g/mol. The second-order valence-electron chi connectivity index (χ2n) is 4.92. The molecule has 120 valence electrons. The number of carbonyl (C=O) groups excluding carboxylic acids is 2. The van der Waals surface area contributed by atoms with Crippen LogP contribution in [-0.4, -0.2) is 22.8 Å². The minimum atomic E-state index is -0.773. The first-order chi connectivity index (χ1) is 10.9. The highest BCUT2D eigenvalue weighted by atomic mass is 32.1. The average molecular weight is 333 g/mol. The summed E-state index contributed by atoms with van der Waals surface area (Å²) in [6.07, 6.45) is 0. The van der Waals surface area contributed by atoms with E-state index in [4.69, 9.17) is 0 Å². The van der Waals surface area contributed by atoms with Gasteiger partial charge in [0.1, 0.15) is 6.04 Å². The molecule has 23 heavy (non-hydrogen) atoms. The van der Waals surface area contributed by atoms with E-state index < -0.39 is 16.9 Å². The minimum Gasteiger partial charge on any atom is -0.340 e. The zero-order valence-electron chi connectivity index (χ0n) is 12.5. The molecule has 0 aliphatic rings. The number of hydrogen-bond acceptors (Lipinski definition) is 5. The molecule has 1 atom stereocenters. The standard InChI is InChI=1S/C15H15N3O4S/c1-9-5-6-11(8-12(9)18(21)22)17-14(19)10(2)16-15(20)13-4-3-7-23-13/h3-8,10H,1-2H3,(H,16,20)(H,17,19). The number of carbonyl (C=O) groups is 2. The van der Waals surface area contributed by atoms with Crippen LogP contribution in [0, 0.1) is 17.0 Å². The van der Waals surface area contributed by atoms with Crippen LogP contribution in [0.4, 0.5) is 11.4 Å². The Labute approximate surface area is 136 Å². The summed E-state index contributed by atoms with van der Waals surface area (Å²) >= 11 is 1.28. The molecule has 1 aromatic heterocycles. The molecule has 0 fully saturated rings. The quantitative estimate of drug-likeness (QED) is 0.649. The van der Waals surface area contributed by atoms with E-state index in [0.717, 1.165) is 0 Å². The van der Waals surface area contributed by atoms with Crippen LogP contribution in [0.15, 0.2) is 35.7 Å². The number of nitro groups is 1. The fraction of sp³-hybridized carbons (Fsp3) is 0.200. The fourth-order valence-corrected chi connectivity index (χ4v) is 2.50. The molecule has 0 saturated heterocycles. The minimum absolute atomic E-state index is 0.0712. The van der Waals surface area contributed by atoms with E-state index in [2.05, 4.69) is 10.6 Å². The molecule has 0 aliphatic carbocycles. The first-order valence-electron chi connectivity index (χ1n) is 6.78. The zero-order chi connectivity index (χ0) is 17.0. The molecule has 0 aliphatic heterocycles. The van der Waals surface area contributed by atoms with Crippen LogP contribution in [0.3, 0.4) is 0 Å². The van der Waals surface area contributed by atoms with Crippen molar-refractivity contribution in [2.45, 2.75) is 19.9 Å². The van der Waals surface area contributed by atoms with Gasteiger partial charge in [0.05, 0.1) is 9.80 Å². The Hall–Kier alpha value is -2.74. The molecule has 1 heterocycles. The number of rotatable bonds is 5. The van der Waals surface area contributed by atoms with Crippen molar-refractivity contribution in [3.63, 3.8) is 0 Å². The highest BCUT2D eigenvalue weighted by Gasteiger charge is 2.18. The average Bonchev–Trinajstić information content (AvgIpc) is 3.03. The Morgan fingerprint density at radius 1 is 1.30 bits per heavy atom. The number of benzene rings is 1. The van der Waals surface area contributed by atoms with Gasteiger partial charge in [-0.25, -0.2) is 0 Å². The second kappa shape index (κ2) is 7.01. The van der Waals surface area contributed by atoms with Gasteiger partial charge in [-0.1, -0.05) is 12.1 Å². The first kappa shape index (κ1) is 16.6. The molecule has 0 saturated carbocycles. The topological polar surface area (TPSA) is 101 Å². The summed E-state index contributed by atoms with van der Waals surface area (Å²) < 4.78 is 0. The lowest BCUT2D eigenvalue weighted by Gasteiger charge is -2.13. The summed E-state index contributed by atoms with van der Waals surface area (Å²) in [7, 11) is 0. The summed E-state index contributed by atoms with van der Waals surface area (Å²) in [4.78, 5) is 34.9. The molecule has 0 radical (unpaired) electrons. The summed E-state index contributed by atoms with van der Waals surface area (Å²) in [5.41, 5.74) is 0.745. The molecule has 1 aromatic carbocycles. The maximum Gasteiger partial charge on any atom is 0.274 e. The van der Waals surface area contributed by atoms with Gasteiger partial charge in [-0.3, -0.25) is 19.7 Å². The van der Waals surface area contributed by atoms with Gasteiger partial charge in [-0.15, -0.1) is 11.3 Å². The smallest absolute Gasteiger partial charge is 0.274 e. The van der Waals surface area contributed by atoms with Crippen LogP contribution < -0.4 is 10.6 Å². The van der Waals surface area contributed by atoms with Crippen molar-refractivity contribution in [1.82, 2.24) is 5.32 Å². The SMILES string of the molecule is Cc1ccc(NC(=O)C(C)NC(=O)c2cccs2)cc1[N+](=O)[O-]. The maximum absolute atomic E-state index is 12.1. The Bertz CT molecular complexity index is 743. The van der Waals surface area contributed by atoms with Gasteiger partial charge in [-0.2, -0.15) is 0 Å². The van der Waals surface area contributed by atoms with Crippen molar-refractivity contribution in [2.24, 2.45) is 0 Å². The number of nitro benzene ring substituents is 1. The highest BCUT2D eigenvalue weighted by Crippen LogP contribution is 2.22. The van der Waals surface area contributed by atoms with Gasteiger partial charge < -0.3 is 10.6 Å². The van der Waals surface area contributed by atoms with Gasteiger partial charge >= 0.3 is 0 Å². The van der Waals surface area contributed by atoms with Crippen molar-refractivity contribution < 1.29 is 14.5 Å². The van der Waals surface area contributed by atoms with Crippen LogP contribution in [0.1, 0.15) is 22.2 Å². The summed E-state index contributed by atoms with van der Waals surface area (Å²) in [5.74, 6) is -0.786. The van der Waals surface area contributed by atoms with E-state index in [9.17, 15) is 19.7 Å². The van der Waals surface area contributed by atoms with Crippen LogP contribution in [-0.2, 0) is 4.79 Å². The van der Waals surface area contributed by atoms with E-state index in [-0.39, 0.29) is 11.6 Å². The van der Waals surface area contributed by atoms with Crippen molar-refractivity contribution >= 4 is 34.5 Å². The molecular weight excluding hydrogens is 318 g/mol. The molecule has 2 N–H and O–H groups in total. The van der Waals surface area contributed by atoms with E-state index in [1.165, 1.54) is 17.4 Å². The fourth-order valence-electron chi connectivity index (χ4n) is 1.88. The molecule has 2 rings (SSSR count). The molecule has 0 bridgehead atoms. The number of nitrogens with one attached hydrogen (secondary N) is 2. The normalized spacial score (nSPS) is 11.6. The number of aryl methyl sites for hydroxylation is 1. The van der Waals surface area contributed by atoms with Crippen LogP contribution in [0.2, 0.25) is 0 Å². The Balaban J connectivity index is 2.02. The molecule has 1 unspecified atom stereocenters. The molecule has 2 aromatic rings. The van der Waals surface area contributed by atoms with Gasteiger partial charge in [0.15, 0.2) is 0 Å². The lowest BCUT2D eigenvalue weighted by atomic mass is 10.2. The van der Waals surface area contributed by atoms with Crippen LogP contribution in [0.5, 0.6) is 0 Å². The molecule has 2 amide bonds. The third kappa shape index (κ3) is 4.13. The second-order valence-corrected chi connectivity index (χ2v) is 5.87. The number of hydrogen-bond donors (Lipinski definition) is 2. The predicted molar refractivity (Wildman–Crippen MR) is 87.7 cm³/mol. The maximum atomic E-state index is 12.1. The van der Waals surface area contributed by atoms with Gasteiger partial charge in [0.2, 0.25) is 5.91 Å². The van der Waals surface area contributed by atoms with E-state index in [1.54, 1.807) is 43.5 Å². The Morgan fingerprint density at radius 3 is 2.65 bits per heavy atom. The largest absolute Gasteiger partial charge is 0.340 e. The Morgan fingerprint density at radius 2 is 2.04 bits per heavy atom. The lowest BCUT2D eigenvalue weighted by Crippen LogP contribution is -2.41. The highest BCUT2D eigenvalue weighted by molar-refractivity contribution is 7.12. The zero-order valence-corrected chi connectivity index (χ0v) is 13.3. The molecule has 7 nitrogen and oxygen atoms in total.